The third kappa shape index (κ3) is 2.53. The Hall–Kier alpha value is -2.09. The minimum atomic E-state index is -0.887. The maximum absolute atomic E-state index is 11.0. The summed E-state index contributed by atoms with van der Waals surface area (Å²) in [5.41, 5.74) is 4.48. The number of hydrogen-bond donors (Lipinski definition) is 1. The first-order valence-electron chi connectivity index (χ1n) is 5.48. The lowest BCUT2D eigenvalue weighted by Gasteiger charge is -2.05. The minimum Gasteiger partial charge on any atom is -0.478 e. The molecule has 2 aromatic rings. The normalized spacial score (nSPS) is 10.2. The second-order valence-electron chi connectivity index (χ2n) is 4.26. The summed E-state index contributed by atoms with van der Waals surface area (Å²) in [5, 5.41) is 9.02. The number of aryl methyl sites for hydroxylation is 2. The van der Waals surface area contributed by atoms with Crippen molar-refractivity contribution in [2.24, 2.45) is 0 Å². The highest BCUT2D eigenvalue weighted by Crippen LogP contribution is 2.22. The van der Waals surface area contributed by atoms with Gasteiger partial charge in [-0.1, -0.05) is 35.9 Å². The van der Waals surface area contributed by atoms with E-state index in [2.05, 4.69) is 0 Å². The molecule has 2 aromatic carbocycles. The zero-order valence-corrected chi connectivity index (χ0v) is 9.90. The molecular weight excluding hydrogens is 212 g/mol. The van der Waals surface area contributed by atoms with Crippen LogP contribution in [-0.4, -0.2) is 11.1 Å². The molecule has 0 heterocycles. The molecule has 0 atom stereocenters. The molecule has 17 heavy (non-hydrogen) atoms. The number of hydrogen-bond acceptors (Lipinski definition) is 1. The Labute approximate surface area is 101 Å². The van der Waals surface area contributed by atoms with Crippen LogP contribution in [0.3, 0.4) is 0 Å². The van der Waals surface area contributed by atoms with E-state index in [4.69, 9.17) is 5.11 Å². The van der Waals surface area contributed by atoms with Crippen LogP contribution in [0.2, 0.25) is 0 Å². The predicted molar refractivity (Wildman–Crippen MR) is 68.3 cm³/mol. The average molecular weight is 226 g/mol. The van der Waals surface area contributed by atoms with Gasteiger partial charge in [0.05, 0.1) is 5.56 Å². The van der Waals surface area contributed by atoms with Gasteiger partial charge in [0.15, 0.2) is 0 Å². The van der Waals surface area contributed by atoms with E-state index in [1.165, 1.54) is 5.56 Å². The first-order valence-corrected chi connectivity index (χ1v) is 5.48. The topological polar surface area (TPSA) is 37.3 Å². The third-order valence-corrected chi connectivity index (χ3v) is 2.71. The summed E-state index contributed by atoms with van der Waals surface area (Å²) in [5.74, 6) is -0.887. The SMILES string of the molecule is Cc1ccc(-c2cc(C)cc(C(=O)O)c2)cc1. The summed E-state index contributed by atoms with van der Waals surface area (Å²) < 4.78 is 0. The maximum atomic E-state index is 11.0. The fourth-order valence-electron chi connectivity index (χ4n) is 1.82. The zero-order chi connectivity index (χ0) is 12.4. The van der Waals surface area contributed by atoms with Crippen molar-refractivity contribution >= 4 is 5.97 Å². The lowest BCUT2D eigenvalue weighted by molar-refractivity contribution is 0.0697. The molecule has 0 bridgehead atoms. The molecule has 0 aliphatic carbocycles. The van der Waals surface area contributed by atoms with Crippen molar-refractivity contribution in [1.82, 2.24) is 0 Å². The number of rotatable bonds is 2. The van der Waals surface area contributed by atoms with E-state index in [9.17, 15) is 4.79 Å². The molecule has 86 valence electrons. The van der Waals surface area contributed by atoms with Crippen molar-refractivity contribution in [3.63, 3.8) is 0 Å². The second-order valence-corrected chi connectivity index (χ2v) is 4.26. The first-order chi connectivity index (χ1) is 8.06. The van der Waals surface area contributed by atoms with Gasteiger partial charge < -0.3 is 5.11 Å². The van der Waals surface area contributed by atoms with Gasteiger partial charge in [-0.3, -0.25) is 0 Å². The molecule has 0 radical (unpaired) electrons. The van der Waals surface area contributed by atoms with E-state index in [1.54, 1.807) is 12.1 Å². The molecule has 2 rings (SSSR count). The van der Waals surface area contributed by atoms with Gasteiger partial charge in [0.1, 0.15) is 0 Å². The van der Waals surface area contributed by atoms with Crippen molar-refractivity contribution in [1.29, 1.82) is 0 Å². The van der Waals surface area contributed by atoms with Crippen LogP contribution < -0.4 is 0 Å². The van der Waals surface area contributed by atoms with Crippen molar-refractivity contribution < 1.29 is 9.90 Å². The van der Waals surface area contributed by atoms with E-state index in [0.717, 1.165) is 16.7 Å². The summed E-state index contributed by atoms with van der Waals surface area (Å²) in [7, 11) is 0. The number of carboxylic acid groups (broad SMARTS) is 1. The van der Waals surface area contributed by atoms with Crippen molar-refractivity contribution in [2.45, 2.75) is 13.8 Å². The van der Waals surface area contributed by atoms with Gasteiger partial charge in [0.25, 0.3) is 0 Å². The van der Waals surface area contributed by atoms with E-state index in [1.807, 2.05) is 44.2 Å². The van der Waals surface area contributed by atoms with Crippen molar-refractivity contribution in [2.75, 3.05) is 0 Å². The van der Waals surface area contributed by atoms with Gasteiger partial charge in [-0.25, -0.2) is 4.79 Å². The van der Waals surface area contributed by atoms with Crippen LogP contribution >= 0.6 is 0 Å². The highest BCUT2D eigenvalue weighted by atomic mass is 16.4. The number of aromatic carboxylic acids is 1. The van der Waals surface area contributed by atoms with Gasteiger partial charge in [0.2, 0.25) is 0 Å². The number of benzene rings is 2. The molecule has 0 spiro atoms. The Morgan fingerprint density at radius 1 is 0.882 bits per heavy atom. The van der Waals surface area contributed by atoms with E-state index < -0.39 is 5.97 Å². The van der Waals surface area contributed by atoms with Crippen LogP contribution in [0.1, 0.15) is 21.5 Å². The Bertz CT molecular complexity index is 554. The van der Waals surface area contributed by atoms with E-state index in [0.29, 0.717) is 5.56 Å². The lowest BCUT2D eigenvalue weighted by atomic mass is 9.99. The van der Waals surface area contributed by atoms with Crippen LogP contribution in [0.4, 0.5) is 0 Å². The summed E-state index contributed by atoms with van der Waals surface area (Å²) in [6.45, 7) is 3.94. The summed E-state index contributed by atoms with van der Waals surface area (Å²) >= 11 is 0. The van der Waals surface area contributed by atoms with Gasteiger partial charge in [-0.05, 0) is 42.7 Å². The van der Waals surface area contributed by atoms with Crippen LogP contribution in [0, 0.1) is 13.8 Å². The van der Waals surface area contributed by atoms with Crippen LogP contribution in [0.15, 0.2) is 42.5 Å². The van der Waals surface area contributed by atoms with Crippen LogP contribution in [0.5, 0.6) is 0 Å². The van der Waals surface area contributed by atoms with Crippen LogP contribution in [0.25, 0.3) is 11.1 Å². The Kier molecular flexibility index (Phi) is 2.96. The molecule has 0 saturated heterocycles. The quantitative estimate of drug-likeness (QED) is 0.848. The summed E-state index contributed by atoms with van der Waals surface area (Å²) in [6, 6.07) is 13.5. The molecule has 0 aromatic heterocycles. The highest BCUT2D eigenvalue weighted by molar-refractivity contribution is 5.89. The molecule has 1 N–H and O–H groups in total. The van der Waals surface area contributed by atoms with E-state index >= 15 is 0 Å². The number of carboxylic acids is 1. The molecule has 2 heteroatoms. The fraction of sp³-hybridized carbons (Fsp3) is 0.133. The molecule has 0 saturated carbocycles. The van der Waals surface area contributed by atoms with Gasteiger partial charge in [0, 0.05) is 0 Å². The Morgan fingerprint density at radius 3 is 2.12 bits per heavy atom. The lowest BCUT2D eigenvalue weighted by Crippen LogP contribution is -1.97. The van der Waals surface area contributed by atoms with E-state index in [-0.39, 0.29) is 0 Å². The molecule has 2 nitrogen and oxygen atoms in total. The highest BCUT2D eigenvalue weighted by Gasteiger charge is 2.06. The standard InChI is InChI=1S/C15H14O2/c1-10-3-5-12(6-4-10)13-7-11(2)8-14(9-13)15(16)17/h3-9H,1-2H3,(H,16,17). The largest absolute Gasteiger partial charge is 0.478 e. The first kappa shape index (κ1) is 11.4. The summed E-state index contributed by atoms with van der Waals surface area (Å²) in [6.07, 6.45) is 0. The molecule has 0 unspecified atom stereocenters. The second kappa shape index (κ2) is 4.42. The van der Waals surface area contributed by atoms with Crippen LogP contribution in [-0.2, 0) is 0 Å². The fourth-order valence-corrected chi connectivity index (χ4v) is 1.82. The van der Waals surface area contributed by atoms with Gasteiger partial charge in [-0.2, -0.15) is 0 Å². The predicted octanol–water partition coefficient (Wildman–Crippen LogP) is 3.67. The molecule has 0 amide bonds. The van der Waals surface area contributed by atoms with Gasteiger partial charge in [-0.15, -0.1) is 0 Å². The average Bonchev–Trinajstić information content (AvgIpc) is 2.29. The van der Waals surface area contributed by atoms with Crippen molar-refractivity contribution in [3.8, 4) is 11.1 Å². The molecule has 0 fully saturated rings. The summed E-state index contributed by atoms with van der Waals surface area (Å²) in [4.78, 5) is 11.0. The minimum absolute atomic E-state index is 0.334. The molecular formula is C15H14O2. The number of carbonyl (C=O) groups is 1. The molecule has 0 aliphatic rings. The third-order valence-electron chi connectivity index (χ3n) is 2.71. The Balaban J connectivity index is 2.51. The molecule has 0 aliphatic heterocycles. The maximum Gasteiger partial charge on any atom is 0.335 e. The smallest absolute Gasteiger partial charge is 0.335 e. The Morgan fingerprint density at radius 2 is 1.53 bits per heavy atom. The van der Waals surface area contributed by atoms with Gasteiger partial charge >= 0.3 is 5.97 Å². The monoisotopic (exact) mass is 226 g/mol. The van der Waals surface area contributed by atoms with Crippen molar-refractivity contribution in [3.05, 3.63) is 59.2 Å². The zero-order valence-electron chi connectivity index (χ0n) is 9.90.